The molecule has 0 N–H and O–H groups in total. The maximum absolute atomic E-state index is 12.9. The number of likely N-dealkylation sites (tertiary alicyclic amines) is 1. The molecule has 34 heavy (non-hydrogen) atoms. The Bertz CT molecular complexity index is 1380. The van der Waals surface area contributed by atoms with Crippen molar-refractivity contribution in [3.8, 4) is 5.69 Å². The Kier molecular flexibility index (Phi) is 6.56. The van der Waals surface area contributed by atoms with Crippen molar-refractivity contribution in [2.75, 3.05) is 18.8 Å². The second-order valence-electron chi connectivity index (χ2n) is 8.79. The maximum Gasteiger partial charge on any atom is 0.308 e. The molecule has 1 aliphatic rings. The number of aromatic nitrogens is 4. The van der Waals surface area contributed by atoms with Crippen LogP contribution in [0.2, 0.25) is 0 Å². The van der Waals surface area contributed by atoms with E-state index >= 15 is 0 Å². The first-order valence-electron chi connectivity index (χ1n) is 11.5. The minimum Gasteiger partial charge on any atom is -0.342 e. The molecule has 2 aromatic carbocycles. The molecule has 1 amide bonds. The molecule has 0 aliphatic carbocycles. The number of nitrogens with zero attached hydrogens (tertiary/aromatic N) is 5. The lowest BCUT2D eigenvalue weighted by molar-refractivity contribution is -0.129. The smallest absolute Gasteiger partial charge is 0.308 e. The molecule has 0 atom stereocenters. The Balaban J connectivity index is 1.46. The summed E-state index contributed by atoms with van der Waals surface area (Å²) in [5.74, 6) is 1.80. The Hall–Kier alpha value is -2.91. The molecule has 5 rings (SSSR count). The van der Waals surface area contributed by atoms with Crippen molar-refractivity contribution in [2.45, 2.75) is 38.4 Å². The van der Waals surface area contributed by atoms with Crippen molar-refractivity contribution in [3.63, 3.8) is 0 Å². The number of hydrogen-bond acceptors (Lipinski definition) is 6. The first-order valence-corrected chi connectivity index (χ1v) is 13.3. The molecule has 3 heterocycles. The Morgan fingerprint density at radius 1 is 1.09 bits per heavy atom. The van der Waals surface area contributed by atoms with Gasteiger partial charge < -0.3 is 4.90 Å². The number of aryl methyl sites for hydroxylation is 1. The van der Waals surface area contributed by atoms with Gasteiger partial charge in [-0.15, -0.1) is 10.2 Å². The number of thiazole rings is 1. The average Bonchev–Trinajstić information content (AvgIpc) is 3.38. The van der Waals surface area contributed by atoms with E-state index in [1.54, 1.807) is 4.57 Å². The summed E-state index contributed by atoms with van der Waals surface area (Å²) < 4.78 is 4.68. The van der Waals surface area contributed by atoms with Gasteiger partial charge in [-0.1, -0.05) is 60.4 Å². The van der Waals surface area contributed by atoms with Gasteiger partial charge in [-0.3, -0.25) is 18.7 Å². The van der Waals surface area contributed by atoms with E-state index in [0.29, 0.717) is 29.2 Å². The molecule has 7 nitrogen and oxygen atoms in total. The third kappa shape index (κ3) is 4.54. The van der Waals surface area contributed by atoms with Gasteiger partial charge >= 0.3 is 4.87 Å². The van der Waals surface area contributed by atoms with Gasteiger partial charge in [0.2, 0.25) is 5.91 Å². The number of piperidine rings is 1. The fourth-order valence-corrected chi connectivity index (χ4v) is 6.09. The lowest BCUT2D eigenvalue weighted by Gasteiger charge is -2.30. The molecule has 0 unspecified atom stereocenters. The summed E-state index contributed by atoms with van der Waals surface area (Å²) in [7, 11) is 0. The topological polar surface area (TPSA) is 73.0 Å². The first-order chi connectivity index (χ1) is 16.5. The van der Waals surface area contributed by atoms with Crippen LogP contribution in [0.1, 0.15) is 31.2 Å². The third-order valence-corrected chi connectivity index (χ3v) is 8.26. The number of hydrogen-bond donors (Lipinski definition) is 0. The lowest BCUT2D eigenvalue weighted by Crippen LogP contribution is -2.38. The number of amides is 1. The van der Waals surface area contributed by atoms with Crippen molar-refractivity contribution in [2.24, 2.45) is 5.92 Å². The number of carbonyl (C=O) groups excluding carboxylic acids is 1. The number of para-hydroxylation sites is 2. The number of carbonyl (C=O) groups is 1. The van der Waals surface area contributed by atoms with Gasteiger partial charge in [0.15, 0.2) is 11.0 Å². The zero-order valence-electron chi connectivity index (χ0n) is 19.3. The van der Waals surface area contributed by atoms with Crippen LogP contribution in [-0.4, -0.2) is 49.0 Å². The summed E-state index contributed by atoms with van der Waals surface area (Å²) in [6.07, 6.45) is 2.12. The van der Waals surface area contributed by atoms with Gasteiger partial charge in [-0.2, -0.15) is 0 Å². The molecule has 0 radical (unpaired) electrons. The van der Waals surface area contributed by atoms with E-state index in [4.69, 9.17) is 0 Å². The second kappa shape index (κ2) is 9.76. The normalized spacial score (nSPS) is 14.7. The van der Waals surface area contributed by atoms with Crippen LogP contribution in [0.4, 0.5) is 0 Å². The highest BCUT2D eigenvalue weighted by atomic mass is 32.2. The van der Waals surface area contributed by atoms with Crippen LogP contribution in [-0.2, 0) is 11.3 Å². The van der Waals surface area contributed by atoms with E-state index in [1.807, 2.05) is 64.9 Å². The van der Waals surface area contributed by atoms with Gasteiger partial charge in [0.05, 0.1) is 28.2 Å². The quantitative estimate of drug-likeness (QED) is 0.374. The Morgan fingerprint density at radius 3 is 2.62 bits per heavy atom. The molecule has 4 aromatic rings. The summed E-state index contributed by atoms with van der Waals surface area (Å²) in [6.45, 7) is 6.24. The summed E-state index contributed by atoms with van der Waals surface area (Å²) in [5.41, 5.74) is 2.92. The number of fused-ring (bicyclic) bond motifs is 1. The molecule has 0 bridgehead atoms. The molecule has 1 fully saturated rings. The lowest BCUT2D eigenvalue weighted by atomic mass is 9.99. The zero-order valence-corrected chi connectivity index (χ0v) is 20.9. The maximum atomic E-state index is 12.9. The minimum absolute atomic E-state index is 0.0239. The summed E-state index contributed by atoms with van der Waals surface area (Å²) in [4.78, 5) is 27.5. The van der Waals surface area contributed by atoms with E-state index in [0.717, 1.165) is 47.4 Å². The number of thioether (sulfide) groups is 1. The summed E-state index contributed by atoms with van der Waals surface area (Å²) >= 11 is 2.64. The molecule has 0 spiro atoms. The Morgan fingerprint density at radius 2 is 1.82 bits per heavy atom. The highest BCUT2D eigenvalue weighted by molar-refractivity contribution is 7.99. The van der Waals surface area contributed by atoms with E-state index in [2.05, 4.69) is 17.1 Å². The SMILES string of the molecule is Cc1ccccc1-n1c(Cn2c(=O)sc3ccccc32)nnc1SCC(=O)N1CCC(C)CC1. The minimum atomic E-state index is -0.0239. The average molecular weight is 494 g/mol. The molecule has 2 aromatic heterocycles. The van der Waals surface area contributed by atoms with Gasteiger partial charge in [-0.25, -0.2) is 0 Å². The molecular formula is C25H27N5O2S2. The third-order valence-electron chi connectivity index (χ3n) is 6.39. The molecular weight excluding hydrogens is 466 g/mol. The summed E-state index contributed by atoms with van der Waals surface area (Å²) in [6, 6.07) is 15.8. The predicted octanol–water partition coefficient (Wildman–Crippen LogP) is 4.35. The van der Waals surface area contributed by atoms with Crippen molar-refractivity contribution in [3.05, 3.63) is 69.6 Å². The first kappa shape index (κ1) is 22.9. The monoisotopic (exact) mass is 493 g/mol. The van der Waals surface area contributed by atoms with E-state index in [1.165, 1.54) is 23.1 Å². The van der Waals surface area contributed by atoms with E-state index in [9.17, 15) is 9.59 Å². The van der Waals surface area contributed by atoms with Crippen LogP contribution in [0.3, 0.4) is 0 Å². The van der Waals surface area contributed by atoms with E-state index in [-0.39, 0.29) is 10.8 Å². The predicted molar refractivity (Wildman–Crippen MR) is 137 cm³/mol. The molecule has 9 heteroatoms. The molecule has 1 aliphatic heterocycles. The van der Waals surface area contributed by atoms with Crippen LogP contribution in [0.25, 0.3) is 15.9 Å². The highest BCUT2D eigenvalue weighted by Gasteiger charge is 2.23. The van der Waals surface area contributed by atoms with Gasteiger partial charge in [-0.05, 0) is 49.4 Å². The number of benzene rings is 2. The fraction of sp³-hybridized carbons (Fsp3) is 0.360. The van der Waals surface area contributed by atoms with Crippen molar-refractivity contribution in [1.29, 1.82) is 0 Å². The van der Waals surface area contributed by atoms with E-state index < -0.39 is 0 Å². The van der Waals surface area contributed by atoms with Crippen LogP contribution < -0.4 is 4.87 Å². The summed E-state index contributed by atoms with van der Waals surface area (Å²) in [5, 5.41) is 9.58. The Labute approximate surface area is 206 Å². The van der Waals surface area contributed by atoms with Gasteiger partial charge in [0.25, 0.3) is 0 Å². The molecule has 176 valence electrons. The molecule has 0 saturated carbocycles. The fourth-order valence-electron chi connectivity index (χ4n) is 4.33. The van der Waals surface area contributed by atoms with Crippen LogP contribution in [0.15, 0.2) is 58.5 Å². The van der Waals surface area contributed by atoms with Gasteiger partial charge in [0, 0.05) is 13.1 Å². The standard InChI is InChI=1S/C25H27N5O2S2/c1-17-11-13-28(14-12-17)23(31)16-33-24-27-26-22(30(24)19-8-4-3-7-18(19)2)15-29-20-9-5-6-10-21(20)34-25(29)32/h3-10,17H,11-16H2,1-2H3. The highest BCUT2D eigenvalue weighted by Crippen LogP contribution is 2.26. The van der Waals surface area contributed by atoms with Crippen LogP contribution >= 0.6 is 23.1 Å². The number of rotatable bonds is 6. The van der Waals surface area contributed by atoms with Gasteiger partial charge in [0.1, 0.15) is 0 Å². The zero-order chi connectivity index (χ0) is 23.7. The van der Waals surface area contributed by atoms with Crippen molar-refractivity contribution < 1.29 is 4.79 Å². The molecule has 1 saturated heterocycles. The van der Waals surface area contributed by atoms with Crippen molar-refractivity contribution in [1.82, 2.24) is 24.2 Å². The van der Waals surface area contributed by atoms with Crippen LogP contribution in [0.5, 0.6) is 0 Å². The largest absolute Gasteiger partial charge is 0.342 e. The van der Waals surface area contributed by atoms with Crippen molar-refractivity contribution >= 4 is 39.2 Å². The second-order valence-corrected chi connectivity index (χ2v) is 10.7. The van der Waals surface area contributed by atoms with Crippen LogP contribution in [0, 0.1) is 12.8 Å².